The third-order valence-corrected chi connectivity index (χ3v) is 10.7. The quantitative estimate of drug-likeness (QED) is 0.170. The number of aryl methyl sites for hydroxylation is 2. The number of fused-ring (bicyclic) bond motifs is 6. The van der Waals surface area contributed by atoms with Gasteiger partial charge in [-0.1, -0.05) is 109 Å². The van der Waals surface area contributed by atoms with Crippen LogP contribution in [0.15, 0.2) is 188 Å². The number of hydrogen-bond donors (Lipinski definition) is 0. The number of aromatic nitrogens is 2. The first-order valence-electron chi connectivity index (χ1n) is 18.3. The normalized spacial score (nSPS) is 11.6. The number of rotatable bonds is 6. The summed E-state index contributed by atoms with van der Waals surface area (Å²) in [6.45, 7) is 4.47. The summed E-state index contributed by atoms with van der Waals surface area (Å²) in [6, 6.07) is 68.1. The van der Waals surface area contributed by atoms with Crippen molar-refractivity contribution in [3.05, 3.63) is 199 Å². The summed E-state index contributed by atoms with van der Waals surface area (Å²) in [7, 11) is 0. The van der Waals surface area contributed by atoms with Gasteiger partial charge >= 0.3 is 0 Å². The number of benzene rings is 8. The molecule has 0 saturated carbocycles. The molecular weight excluding hydrogens is 643 g/mol. The van der Waals surface area contributed by atoms with Gasteiger partial charge in [-0.3, -0.25) is 0 Å². The van der Waals surface area contributed by atoms with Gasteiger partial charge in [0.25, 0.3) is 0 Å². The monoisotopic (exact) mass is 679 g/mol. The second-order valence-corrected chi connectivity index (χ2v) is 13.9. The Morgan fingerprint density at radius 2 is 0.849 bits per heavy atom. The number of para-hydroxylation sites is 5. The maximum atomic E-state index is 2.42. The van der Waals surface area contributed by atoms with E-state index in [9.17, 15) is 0 Å². The second kappa shape index (κ2) is 12.4. The van der Waals surface area contributed by atoms with Crippen LogP contribution in [0.1, 0.15) is 11.1 Å². The minimum absolute atomic E-state index is 1.12. The van der Waals surface area contributed by atoms with Gasteiger partial charge in [0.05, 0.1) is 22.1 Å². The van der Waals surface area contributed by atoms with Gasteiger partial charge < -0.3 is 14.0 Å². The van der Waals surface area contributed by atoms with Crippen LogP contribution in [0, 0.1) is 13.8 Å². The maximum Gasteiger partial charge on any atom is 0.0541 e. The van der Waals surface area contributed by atoms with Crippen molar-refractivity contribution in [1.82, 2.24) is 9.13 Å². The zero-order valence-electron chi connectivity index (χ0n) is 29.7. The highest BCUT2D eigenvalue weighted by Crippen LogP contribution is 2.41. The predicted molar refractivity (Wildman–Crippen MR) is 225 cm³/mol. The lowest BCUT2D eigenvalue weighted by Gasteiger charge is -2.28. The van der Waals surface area contributed by atoms with Crippen molar-refractivity contribution < 1.29 is 0 Å². The molecular formula is C50H37N3. The highest BCUT2D eigenvalue weighted by molar-refractivity contribution is 6.11. The van der Waals surface area contributed by atoms with Crippen LogP contribution >= 0.6 is 0 Å². The van der Waals surface area contributed by atoms with Gasteiger partial charge in [0.2, 0.25) is 0 Å². The Morgan fingerprint density at radius 3 is 1.49 bits per heavy atom. The number of anilines is 3. The smallest absolute Gasteiger partial charge is 0.0541 e. The van der Waals surface area contributed by atoms with Crippen LogP contribution in [-0.2, 0) is 0 Å². The summed E-state index contributed by atoms with van der Waals surface area (Å²) in [6.07, 6.45) is 0. The predicted octanol–water partition coefficient (Wildman–Crippen LogP) is 13.6. The highest BCUT2D eigenvalue weighted by Gasteiger charge is 2.20. The summed E-state index contributed by atoms with van der Waals surface area (Å²) in [5, 5.41) is 5.06. The molecule has 0 atom stereocenters. The fourth-order valence-corrected chi connectivity index (χ4v) is 8.26. The maximum absolute atomic E-state index is 2.42. The second-order valence-electron chi connectivity index (χ2n) is 13.9. The molecule has 2 heterocycles. The van der Waals surface area contributed by atoms with Crippen LogP contribution in [0.3, 0.4) is 0 Å². The average molecular weight is 680 g/mol. The molecule has 0 aliphatic carbocycles. The molecule has 0 bridgehead atoms. The van der Waals surface area contributed by atoms with E-state index in [-0.39, 0.29) is 0 Å². The molecule has 10 aromatic rings. The third kappa shape index (κ3) is 5.04. The molecule has 3 heteroatoms. The molecule has 2 aromatic heterocycles. The van der Waals surface area contributed by atoms with E-state index in [0.717, 1.165) is 11.4 Å². The number of hydrogen-bond acceptors (Lipinski definition) is 1. The Balaban J connectivity index is 1.07. The van der Waals surface area contributed by atoms with Gasteiger partial charge in [0, 0.05) is 50.0 Å². The lowest BCUT2D eigenvalue weighted by atomic mass is 10.0. The summed E-state index contributed by atoms with van der Waals surface area (Å²) < 4.78 is 4.79. The molecule has 252 valence electrons. The minimum Gasteiger partial charge on any atom is -0.310 e. The van der Waals surface area contributed by atoms with Crippen molar-refractivity contribution in [2.75, 3.05) is 4.90 Å². The Kier molecular flexibility index (Phi) is 7.26. The molecule has 0 radical (unpaired) electrons. The highest BCUT2D eigenvalue weighted by atomic mass is 15.1. The summed E-state index contributed by atoms with van der Waals surface area (Å²) in [5.74, 6) is 0. The topological polar surface area (TPSA) is 13.1 Å². The van der Waals surface area contributed by atoms with E-state index in [2.05, 4.69) is 216 Å². The zero-order chi connectivity index (χ0) is 35.5. The Labute approximate surface area is 309 Å². The SMILES string of the molecule is Cc1cc(-n2c3ccccc3c3ccccc32)c(C)cc1N(c1ccccc1)c1ccc(-c2ccc3c(c2)c2ccccc2n3-c2ccccc2)cc1. The molecule has 0 aliphatic rings. The Morgan fingerprint density at radius 1 is 0.358 bits per heavy atom. The van der Waals surface area contributed by atoms with Crippen LogP contribution in [0.2, 0.25) is 0 Å². The Hall–Kier alpha value is -6.84. The fourth-order valence-electron chi connectivity index (χ4n) is 8.26. The Bertz CT molecular complexity index is 2900. The van der Waals surface area contributed by atoms with Gasteiger partial charge in [-0.2, -0.15) is 0 Å². The van der Waals surface area contributed by atoms with E-state index >= 15 is 0 Å². The van der Waals surface area contributed by atoms with Gasteiger partial charge in [-0.15, -0.1) is 0 Å². The molecule has 0 fully saturated rings. The molecule has 53 heavy (non-hydrogen) atoms. The lowest BCUT2D eigenvalue weighted by molar-refractivity contribution is 1.13. The molecule has 8 aromatic carbocycles. The standard InChI is InChI=1S/C50H37N3/c1-34-32-50(53-46-23-13-9-19-41(46)42-20-10-14-24-47(42)53)35(2)31-49(34)51(38-15-5-3-6-16-38)40-28-25-36(26-29-40)37-27-30-48-44(33-37)43-21-11-12-22-45(43)52(48)39-17-7-4-8-18-39/h3-33H,1-2H3. The number of nitrogens with zero attached hydrogens (tertiary/aromatic N) is 3. The van der Waals surface area contributed by atoms with Gasteiger partial charge in [-0.05, 0) is 115 Å². The van der Waals surface area contributed by atoms with E-state index in [1.807, 2.05) is 0 Å². The molecule has 10 rings (SSSR count). The molecule has 0 saturated heterocycles. The van der Waals surface area contributed by atoms with Crippen molar-refractivity contribution in [2.24, 2.45) is 0 Å². The van der Waals surface area contributed by atoms with Crippen LogP contribution in [0.4, 0.5) is 17.1 Å². The van der Waals surface area contributed by atoms with Crippen molar-refractivity contribution in [3.63, 3.8) is 0 Å². The third-order valence-electron chi connectivity index (χ3n) is 10.7. The zero-order valence-corrected chi connectivity index (χ0v) is 29.7. The summed E-state index contributed by atoms with van der Waals surface area (Å²) in [5.41, 5.74) is 15.5. The summed E-state index contributed by atoms with van der Waals surface area (Å²) in [4.78, 5) is 2.39. The van der Waals surface area contributed by atoms with Crippen LogP contribution in [0.5, 0.6) is 0 Å². The molecule has 0 unspecified atom stereocenters. The van der Waals surface area contributed by atoms with Crippen molar-refractivity contribution >= 4 is 60.7 Å². The molecule has 3 nitrogen and oxygen atoms in total. The van der Waals surface area contributed by atoms with E-state index in [1.54, 1.807) is 0 Å². The van der Waals surface area contributed by atoms with E-state index in [0.29, 0.717) is 0 Å². The van der Waals surface area contributed by atoms with Crippen LogP contribution < -0.4 is 4.90 Å². The first-order valence-corrected chi connectivity index (χ1v) is 18.3. The summed E-state index contributed by atoms with van der Waals surface area (Å²) >= 11 is 0. The average Bonchev–Trinajstić information content (AvgIpc) is 3.73. The molecule has 0 aliphatic heterocycles. The fraction of sp³-hybridized carbons (Fsp3) is 0.0400. The van der Waals surface area contributed by atoms with Gasteiger partial charge in [-0.25, -0.2) is 0 Å². The van der Waals surface area contributed by atoms with Crippen LogP contribution in [0.25, 0.3) is 66.1 Å². The lowest BCUT2D eigenvalue weighted by Crippen LogP contribution is -2.12. The van der Waals surface area contributed by atoms with Crippen molar-refractivity contribution in [2.45, 2.75) is 13.8 Å². The van der Waals surface area contributed by atoms with E-state index < -0.39 is 0 Å². The van der Waals surface area contributed by atoms with Crippen molar-refractivity contribution in [3.8, 4) is 22.5 Å². The molecule has 0 spiro atoms. The molecule has 0 N–H and O–H groups in total. The van der Waals surface area contributed by atoms with E-state index in [4.69, 9.17) is 0 Å². The van der Waals surface area contributed by atoms with Crippen molar-refractivity contribution in [1.29, 1.82) is 0 Å². The first kappa shape index (κ1) is 30.9. The molecule has 0 amide bonds. The largest absolute Gasteiger partial charge is 0.310 e. The van der Waals surface area contributed by atoms with E-state index in [1.165, 1.54) is 82.9 Å². The first-order chi connectivity index (χ1) is 26.1. The minimum atomic E-state index is 1.12. The van der Waals surface area contributed by atoms with Gasteiger partial charge in [0.1, 0.15) is 0 Å². The van der Waals surface area contributed by atoms with Crippen LogP contribution in [-0.4, -0.2) is 9.13 Å². The van der Waals surface area contributed by atoms with Gasteiger partial charge in [0.15, 0.2) is 0 Å².